The number of nitro benzene ring substituents is 1. The molecule has 0 saturated heterocycles. The summed E-state index contributed by atoms with van der Waals surface area (Å²) in [4.78, 5) is 26.9. The average Bonchev–Trinajstić information content (AvgIpc) is 2.80. The predicted molar refractivity (Wildman–Crippen MR) is 123 cm³/mol. The zero-order valence-electron chi connectivity index (χ0n) is 18.1. The molecule has 0 aliphatic heterocycles. The van der Waals surface area contributed by atoms with E-state index in [1.165, 1.54) is 34.9 Å². The number of nitrogens with zero attached hydrogens (tertiary/aromatic N) is 3. The molecule has 1 saturated carbocycles. The number of rotatable bonds is 7. The van der Waals surface area contributed by atoms with Crippen LogP contribution in [0.3, 0.4) is 0 Å². The molecule has 2 aromatic heterocycles. The maximum atomic E-state index is 13.9. The fourth-order valence-corrected chi connectivity index (χ4v) is 5.92. The molecule has 0 bridgehead atoms. The van der Waals surface area contributed by atoms with Crippen molar-refractivity contribution in [2.45, 2.75) is 49.2 Å². The van der Waals surface area contributed by atoms with Crippen molar-refractivity contribution < 1.29 is 17.7 Å². The molecule has 1 fully saturated rings. The smallest absolute Gasteiger partial charge is 0.289 e. The number of para-hydroxylation sites is 1. The molecule has 34 heavy (non-hydrogen) atoms. The van der Waals surface area contributed by atoms with E-state index in [1.807, 2.05) is 0 Å². The Morgan fingerprint density at radius 2 is 1.91 bits per heavy atom. The molecule has 0 spiro atoms. The van der Waals surface area contributed by atoms with Gasteiger partial charge in [-0.05, 0) is 43.7 Å². The van der Waals surface area contributed by atoms with Crippen LogP contribution in [0.1, 0.15) is 25.7 Å². The number of nitrogens with two attached hydrogens (primary N) is 1. The predicted octanol–water partition coefficient (Wildman–Crippen LogP) is 2.31. The summed E-state index contributed by atoms with van der Waals surface area (Å²) in [5.74, 6) is -0.812. The van der Waals surface area contributed by atoms with Gasteiger partial charge < -0.3 is 10.3 Å². The van der Waals surface area contributed by atoms with Crippen molar-refractivity contribution in [2.75, 3.05) is 0 Å². The van der Waals surface area contributed by atoms with E-state index in [9.17, 15) is 27.7 Å². The quantitative estimate of drug-likeness (QED) is 0.382. The van der Waals surface area contributed by atoms with E-state index < -0.39 is 42.9 Å². The van der Waals surface area contributed by atoms with Crippen molar-refractivity contribution in [3.63, 3.8) is 0 Å². The molecule has 1 atom stereocenters. The third-order valence-corrected chi connectivity index (χ3v) is 7.76. The Balaban J connectivity index is 1.76. The topological polar surface area (TPSA) is 150 Å². The molecular weight excluding hydrogens is 465 g/mol. The monoisotopic (exact) mass is 489 g/mol. The van der Waals surface area contributed by atoms with Crippen molar-refractivity contribution in [3.05, 3.63) is 74.9 Å². The fraction of sp³-hybridized carbons (Fsp3) is 0.364. The molecule has 1 aromatic carbocycles. The lowest BCUT2D eigenvalue weighted by Gasteiger charge is -2.33. The first-order chi connectivity index (χ1) is 16.2. The minimum absolute atomic E-state index is 0.00212. The number of benzene rings is 1. The number of nitro groups is 1. The molecule has 1 aliphatic carbocycles. The standard InChI is InChI=1S/C22H24FN5O5S/c23-15-11-20-17(25-12-15)9-10-22(29)27(20)13-18(14-5-7-16(24)8-6-14)26-34(32,33)21-4-2-1-3-19(21)28(30)31/h1-4,9-12,14,16,18,26H,5-8,13,24H2. The van der Waals surface area contributed by atoms with Crippen LogP contribution in [0, 0.1) is 21.8 Å². The molecule has 0 amide bonds. The third kappa shape index (κ3) is 4.98. The lowest BCUT2D eigenvalue weighted by Crippen LogP contribution is -2.46. The molecule has 3 N–H and O–H groups in total. The highest BCUT2D eigenvalue weighted by Crippen LogP contribution is 2.30. The molecule has 1 unspecified atom stereocenters. The van der Waals surface area contributed by atoms with Crippen molar-refractivity contribution in [2.24, 2.45) is 11.7 Å². The summed E-state index contributed by atoms with van der Waals surface area (Å²) in [6.45, 7) is -0.0962. The first-order valence-electron chi connectivity index (χ1n) is 10.8. The molecule has 4 rings (SSSR count). The van der Waals surface area contributed by atoms with Crippen LogP contribution in [-0.4, -0.2) is 35.0 Å². The minimum Gasteiger partial charge on any atom is -0.328 e. The number of hydrogen-bond acceptors (Lipinski definition) is 7. The van der Waals surface area contributed by atoms with Crippen LogP contribution < -0.4 is 16.0 Å². The Morgan fingerprint density at radius 1 is 1.21 bits per heavy atom. The summed E-state index contributed by atoms with van der Waals surface area (Å²) in [7, 11) is -4.32. The Morgan fingerprint density at radius 3 is 2.62 bits per heavy atom. The van der Waals surface area contributed by atoms with Crippen molar-refractivity contribution >= 4 is 26.7 Å². The largest absolute Gasteiger partial charge is 0.328 e. The second kappa shape index (κ2) is 9.57. The molecule has 0 radical (unpaired) electrons. The van der Waals surface area contributed by atoms with Gasteiger partial charge in [-0.25, -0.2) is 17.5 Å². The maximum Gasteiger partial charge on any atom is 0.289 e. The molecule has 180 valence electrons. The van der Waals surface area contributed by atoms with Crippen LogP contribution in [0.2, 0.25) is 0 Å². The van der Waals surface area contributed by atoms with Gasteiger partial charge in [-0.2, -0.15) is 0 Å². The van der Waals surface area contributed by atoms with Gasteiger partial charge in [-0.1, -0.05) is 12.1 Å². The van der Waals surface area contributed by atoms with E-state index in [1.54, 1.807) is 0 Å². The number of fused-ring (bicyclic) bond motifs is 1. The summed E-state index contributed by atoms with van der Waals surface area (Å²) in [6, 6.07) is 8.22. The number of hydrogen-bond donors (Lipinski definition) is 2. The lowest BCUT2D eigenvalue weighted by molar-refractivity contribution is -0.387. The molecule has 12 heteroatoms. The second-order valence-corrected chi connectivity index (χ2v) is 10.1. The summed E-state index contributed by atoms with van der Waals surface area (Å²) >= 11 is 0. The molecule has 2 heterocycles. The SMILES string of the molecule is NC1CCC(C(Cn2c(=O)ccc3ncc(F)cc32)NS(=O)(=O)c2ccccc2[N+](=O)[O-])CC1. The summed E-state index contributed by atoms with van der Waals surface area (Å²) in [5.41, 5.74) is 5.64. The zero-order valence-corrected chi connectivity index (χ0v) is 18.9. The normalized spacial score (nSPS) is 19.7. The lowest BCUT2D eigenvalue weighted by atomic mass is 9.82. The van der Waals surface area contributed by atoms with Crippen LogP contribution in [0.15, 0.2) is 58.4 Å². The highest BCUT2D eigenvalue weighted by Gasteiger charge is 2.33. The Hall–Kier alpha value is -3.22. The fourth-order valence-electron chi connectivity index (χ4n) is 4.46. The van der Waals surface area contributed by atoms with Crippen LogP contribution >= 0.6 is 0 Å². The van der Waals surface area contributed by atoms with Crippen LogP contribution in [0.4, 0.5) is 10.1 Å². The van der Waals surface area contributed by atoms with E-state index in [2.05, 4.69) is 9.71 Å². The van der Waals surface area contributed by atoms with E-state index in [-0.39, 0.29) is 24.0 Å². The van der Waals surface area contributed by atoms with Gasteiger partial charge >= 0.3 is 0 Å². The Kier molecular flexibility index (Phi) is 6.73. The first-order valence-corrected chi connectivity index (χ1v) is 12.3. The van der Waals surface area contributed by atoms with Gasteiger partial charge in [0.25, 0.3) is 11.2 Å². The van der Waals surface area contributed by atoms with Gasteiger partial charge in [0.15, 0.2) is 4.90 Å². The van der Waals surface area contributed by atoms with Gasteiger partial charge in [0.05, 0.1) is 22.2 Å². The first kappa shape index (κ1) is 23.9. The van der Waals surface area contributed by atoms with Crippen molar-refractivity contribution in [1.82, 2.24) is 14.3 Å². The minimum atomic E-state index is -4.32. The van der Waals surface area contributed by atoms with E-state index in [0.717, 1.165) is 18.3 Å². The highest BCUT2D eigenvalue weighted by molar-refractivity contribution is 7.89. The van der Waals surface area contributed by atoms with Gasteiger partial charge in [-0.15, -0.1) is 0 Å². The number of sulfonamides is 1. The van der Waals surface area contributed by atoms with E-state index in [0.29, 0.717) is 31.2 Å². The van der Waals surface area contributed by atoms with E-state index in [4.69, 9.17) is 5.73 Å². The number of halogens is 1. The molecular formula is C22H24FN5O5S. The maximum absolute atomic E-state index is 13.9. The molecule has 10 nitrogen and oxygen atoms in total. The van der Waals surface area contributed by atoms with Gasteiger partial charge in [-0.3, -0.25) is 19.9 Å². The Bertz CT molecular complexity index is 1390. The summed E-state index contributed by atoms with van der Waals surface area (Å²) in [6.07, 6.45) is 3.60. The molecule has 3 aromatic rings. The van der Waals surface area contributed by atoms with E-state index >= 15 is 0 Å². The highest BCUT2D eigenvalue weighted by atomic mass is 32.2. The Labute approximate surface area is 194 Å². The molecule has 1 aliphatic rings. The van der Waals surface area contributed by atoms with Crippen LogP contribution in [0.25, 0.3) is 11.0 Å². The summed E-state index contributed by atoms with van der Waals surface area (Å²) < 4.78 is 44.3. The number of nitrogens with one attached hydrogen (secondary N) is 1. The van der Waals surface area contributed by atoms with Crippen molar-refractivity contribution in [3.8, 4) is 0 Å². The van der Waals surface area contributed by atoms with Crippen LogP contribution in [0.5, 0.6) is 0 Å². The average molecular weight is 490 g/mol. The zero-order chi connectivity index (χ0) is 24.5. The van der Waals surface area contributed by atoms with Gasteiger partial charge in [0.2, 0.25) is 10.0 Å². The van der Waals surface area contributed by atoms with Gasteiger partial charge in [0.1, 0.15) is 5.82 Å². The third-order valence-electron chi connectivity index (χ3n) is 6.23. The second-order valence-electron chi connectivity index (χ2n) is 8.47. The number of pyridine rings is 2. The van der Waals surface area contributed by atoms with Gasteiger partial charge in [0, 0.05) is 36.8 Å². The van der Waals surface area contributed by atoms with Crippen LogP contribution in [-0.2, 0) is 16.6 Å². The summed E-state index contributed by atoms with van der Waals surface area (Å²) in [5, 5.41) is 11.4. The van der Waals surface area contributed by atoms with Crippen molar-refractivity contribution in [1.29, 1.82) is 0 Å². The number of aromatic nitrogens is 2.